The van der Waals surface area contributed by atoms with E-state index in [0.717, 1.165) is 11.3 Å². The van der Waals surface area contributed by atoms with Crippen molar-refractivity contribution in [2.75, 3.05) is 13.7 Å². The predicted molar refractivity (Wildman–Crippen MR) is 134 cm³/mol. The van der Waals surface area contributed by atoms with Crippen molar-refractivity contribution in [1.29, 1.82) is 0 Å². The highest BCUT2D eigenvalue weighted by Crippen LogP contribution is 2.19. The van der Waals surface area contributed by atoms with Gasteiger partial charge in [0.05, 0.1) is 32.2 Å². The van der Waals surface area contributed by atoms with E-state index in [9.17, 15) is 9.59 Å². The largest absolute Gasteiger partial charge is 0.497 e. The summed E-state index contributed by atoms with van der Waals surface area (Å²) in [5.74, 6) is 1.34. The Morgan fingerprint density at radius 2 is 1.57 bits per heavy atom. The molecule has 5 aromatic rings. The summed E-state index contributed by atoms with van der Waals surface area (Å²) in [5.41, 5.74) is 1.17. The van der Waals surface area contributed by atoms with Crippen LogP contribution in [0.5, 0.6) is 11.5 Å². The van der Waals surface area contributed by atoms with E-state index in [2.05, 4.69) is 4.98 Å². The summed E-state index contributed by atoms with van der Waals surface area (Å²) < 4.78 is 15.6. The molecule has 0 aliphatic heterocycles. The third-order valence-corrected chi connectivity index (χ3v) is 5.74. The van der Waals surface area contributed by atoms with Gasteiger partial charge in [0.15, 0.2) is 11.2 Å². The fourth-order valence-electron chi connectivity index (χ4n) is 4.02. The highest BCUT2D eigenvalue weighted by atomic mass is 16.5. The van der Waals surface area contributed by atoms with Crippen LogP contribution in [-0.4, -0.2) is 32.4 Å². The van der Waals surface area contributed by atoms with Gasteiger partial charge in [-0.1, -0.05) is 54.6 Å². The van der Waals surface area contributed by atoms with E-state index in [-0.39, 0.29) is 12.2 Å². The van der Waals surface area contributed by atoms with E-state index >= 15 is 0 Å². The Hall–Kier alpha value is -4.59. The predicted octanol–water partition coefficient (Wildman–Crippen LogP) is 3.48. The van der Waals surface area contributed by atoms with E-state index in [4.69, 9.17) is 9.47 Å². The van der Waals surface area contributed by atoms with Gasteiger partial charge in [0.1, 0.15) is 18.1 Å². The first-order chi connectivity index (χ1) is 17.2. The van der Waals surface area contributed by atoms with Gasteiger partial charge in [-0.25, -0.2) is 14.3 Å². The van der Waals surface area contributed by atoms with Gasteiger partial charge in [0.2, 0.25) is 0 Å². The zero-order chi connectivity index (χ0) is 24.2. The minimum Gasteiger partial charge on any atom is -0.497 e. The fraction of sp³-hybridized carbons (Fsp3) is 0.148. The molecule has 8 nitrogen and oxygen atoms in total. The number of imidazole rings is 1. The number of ether oxygens (including phenoxy) is 2. The smallest absolute Gasteiger partial charge is 0.337 e. The minimum absolute atomic E-state index is 0.143. The Bertz CT molecular complexity index is 1570. The highest BCUT2D eigenvalue weighted by Gasteiger charge is 2.20. The van der Waals surface area contributed by atoms with Gasteiger partial charge in [-0.15, -0.1) is 0 Å². The van der Waals surface area contributed by atoms with Crippen LogP contribution in [-0.2, 0) is 13.1 Å². The molecule has 0 N–H and O–H groups in total. The van der Waals surface area contributed by atoms with Crippen molar-refractivity contribution in [1.82, 2.24) is 18.7 Å². The number of nitrogens with zero attached hydrogens (tertiary/aromatic N) is 4. The van der Waals surface area contributed by atoms with E-state index < -0.39 is 11.2 Å². The number of hydrogen-bond acceptors (Lipinski definition) is 5. The zero-order valence-electron chi connectivity index (χ0n) is 19.2. The molecule has 35 heavy (non-hydrogen) atoms. The SMILES string of the molecule is COc1cccc(-n2c(=O)n(Cc3ccccc3)c(=O)c3c2ncn3CCOc2ccccc2)c1. The molecule has 5 rings (SSSR count). The van der Waals surface area contributed by atoms with Crippen molar-refractivity contribution in [3.05, 3.63) is 118 Å². The van der Waals surface area contributed by atoms with Crippen LogP contribution >= 0.6 is 0 Å². The van der Waals surface area contributed by atoms with Crippen LogP contribution in [0.25, 0.3) is 16.9 Å². The fourth-order valence-corrected chi connectivity index (χ4v) is 4.02. The average Bonchev–Trinajstić information content (AvgIpc) is 3.31. The molecule has 0 spiro atoms. The van der Waals surface area contributed by atoms with E-state index in [0.29, 0.717) is 30.1 Å². The second kappa shape index (κ2) is 9.72. The number of aromatic nitrogens is 4. The molecule has 0 aliphatic carbocycles. The summed E-state index contributed by atoms with van der Waals surface area (Å²) in [6.07, 6.45) is 1.57. The van der Waals surface area contributed by atoms with Crippen LogP contribution in [0.15, 0.2) is 101 Å². The molecular formula is C27H24N4O4. The monoisotopic (exact) mass is 468 g/mol. The van der Waals surface area contributed by atoms with Gasteiger partial charge in [0.25, 0.3) is 5.56 Å². The summed E-state index contributed by atoms with van der Waals surface area (Å²) in [6.45, 7) is 0.873. The van der Waals surface area contributed by atoms with Crippen molar-refractivity contribution < 1.29 is 9.47 Å². The maximum Gasteiger partial charge on any atom is 0.337 e. The Labute approximate surface area is 201 Å². The topological polar surface area (TPSA) is 80.3 Å². The lowest BCUT2D eigenvalue weighted by molar-refractivity contribution is 0.300. The molecule has 0 aliphatic rings. The molecule has 0 amide bonds. The number of hydrogen-bond donors (Lipinski definition) is 0. The molecule has 0 radical (unpaired) electrons. The second-order valence-corrected chi connectivity index (χ2v) is 7.97. The normalized spacial score (nSPS) is 11.0. The van der Waals surface area contributed by atoms with Crippen molar-refractivity contribution in [3.8, 4) is 17.2 Å². The number of rotatable bonds is 8. The van der Waals surface area contributed by atoms with Gasteiger partial charge in [-0.3, -0.25) is 9.36 Å². The summed E-state index contributed by atoms with van der Waals surface area (Å²) in [6, 6.07) is 26.0. The lowest BCUT2D eigenvalue weighted by Gasteiger charge is -2.14. The quantitative estimate of drug-likeness (QED) is 0.348. The van der Waals surface area contributed by atoms with Crippen LogP contribution in [0.2, 0.25) is 0 Å². The molecule has 0 atom stereocenters. The molecule has 3 aromatic carbocycles. The van der Waals surface area contributed by atoms with Crippen LogP contribution < -0.4 is 20.7 Å². The van der Waals surface area contributed by atoms with Crippen LogP contribution in [0, 0.1) is 0 Å². The lowest BCUT2D eigenvalue weighted by atomic mass is 10.2. The number of benzene rings is 3. The van der Waals surface area contributed by atoms with Gasteiger partial charge >= 0.3 is 5.69 Å². The Morgan fingerprint density at radius 1 is 0.857 bits per heavy atom. The van der Waals surface area contributed by atoms with Gasteiger partial charge in [-0.05, 0) is 29.8 Å². The highest BCUT2D eigenvalue weighted by molar-refractivity contribution is 5.72. The summed E-state index contributed by atoms with van der Waals surface area (Å²) in [4.78, 5) is 31.7. The molecular weight excluding hydrogens is 444 g/mol. The Morgan fingerprint density at radius 3 is 2.31 bits per heavy atom. The standard InChI is InChI=1S/C27H24N4O4/c1-34-23-14-8-11-21(17-23)31-25-24(26(32)30(27(31)33)18-20-9-4-2-5-10-20)29(19-28-25)15-16-35-22-12-6-3-7-13-22/h2-14,17,19H,15-16,18H2,1H3. The van der Waals surface area contributed by atoms with Crippen molar-refractivity contribution in [2.24, 2.45) is 0 Å². The molecule has 8 heteroatoms. The minimum atomic E-state index is -0.467. The summed E-state index contributed by atoms with van der Waals surface area (Å²) in [5, 5.41) is 0. The van der Waals surface area contributed by atoms with Crippen LogP contribution in [0.1, 0.15) is 5.56 Å². The second-order valence-electron chi connectivity index (χ2n) is 7.97. The summed E-state index contributed by atoms with van der Waals surface area (Å²) in [7, 11) is 1.56. The maximum atomic E-state index is 13.6. The molecule has 0 fully saturated rings. The first kappa shape index (κ1) is 22.2. The first-order valence-corrected chi connectivity index (χ1v) is 11.2. The van der Waals surface area contributed by atoms with Crippen molar-refractivity contribution >= 4 is 11.2 Å². The van der Waals surface area contributed by atoms with Gasteiger partial charge in [-0.2, -0.15) is 0 Å². The third kappa shape index (κ3) is 4.46. The van der Waals surface area contributed by atoms with Gasteiger partial charge in [0, 0.05) is 6.07 Å². The number of methoxy groups -OCH3 is 1. The first-order valence-electron chi connectivity index (χ1n) is 11.2. The van der Waals surface area contributed by atoms with Gasteiger partial charge < -0.3 is 14.0 Å². The average molecular weight is 469 g/mol. The Kier molecular flexibility index (Phi) is 6.17. The molecule has 176 valence electrons. The molecule has 2 aromatic heterocycles. The summed E-state index contributed by atoms with van der Waals surface area (Å²) >= 11 is 0. The lowest BCUT2D eigenvalue weighted by Crippen LogP contribution is -2.40. The zero-order valence-corrected chi connectivity index (χ0v) is 19.2. The maximum absolute atomic E-state index is 13.6. The number of para-hydroxylation sites is 1. The molecule has 2 heterocycles. The van der Waals surface area contributed by atoms with Crippen molar-refractivity contribution in [2.45, 2.75) is 13.1 Å². The molecule has 0 bridgehead atoms. The molecule has 0 unspecified atom stereocenters. The third-order valence-electron chi connectivity index (χ3n) is 5.74. The van der Waals surface area contributed by atoms with E-state index in [1.807, 2.05) is 60.7 Å². The van der Waals surface area contributed by atoms with E-state index in [1.54, 1.807) is 42.3 Å². The molecule has 0 saturated carbocycles. The molecule has 0 saturated heterocycles. The van der Waals surface area contributed by atoms with Crippen LogP contribution in [0.4, 0.5) is 0 Å². The van der Waals surface area contributed by atoms with Crippen molar-refractivity contribution in [3.63, 3.8) is 0 Å². The van der Waals surface area contributed by atoms with Crippen LogP contribution in [0.3, 0.4) is 0 Å². The van der Waals surface area contributed by atoms with E-state index in [1.165, 1.54) is 9.13 Å². The number of fused-ring (bicyclic) bond motifs is 1. The Balaban J connectivity index is 1.63.